The number of esters is 1. The van der Waals surface area contributed by atoms with Crippen LogP contribution in [0, 0.1) is 5.92 Å². The van der Waals surface area contributed by atoms with Crippen molar-refractivity contribution in [1.29, 1.82) is 0 Å². The molecule has 0 aliphatic carbocycles. The van der Waals surface area contributed by atoms with E-state index < -0.39 is 0 Å². The molecule has 2 rings (SSSR count). The first-order chi connectivity index (χ1) is 14.0. The van der Waals surface area contributed by atoms with E-state index >= 15 is 0 Å². The summed E-state index contributed by atoms with van der Waals surface area (Å²) in [7, 11) is 3.19. The van der Waals surface area contributed by atoms with Crippen molar-refractivity contribution in [3.05, 3.63) is 35.4 Å². The predicted octanol–water partition coefficient (Wildman–Crippen LogP) is 1.93. The van der Waals surface area contributed by atoms with Crippen molar-refractivity contribution in [3.63, 3.8) is 0 Å². The van der Waals surface area contributed by atoms with Crippen molar-refractivity contribution in [2.24, 2.45) is 10.9 Å². The maximum absolute atomic E-state index is 11.5. The van der Waals surface area contributed by atoms with Crippen LogP contribution < -0.4 is 10.6 Å². The molecule has 1 saturated heterocycles. The van der Waals surface area contributed by atoms with Gasteiger partial charge in [0, 0.05) is 39.3 Å². The maximum Gasteiger partial charge on any atom is 0.337 e. The third-order valence-corrected chi connectivity index (χ3v) is 5.12. The molecule has 1 heterocycles. The molecule has 1 aromatic carbocycles. The summed E-state index contributed by atoms with van der Waals surface area (Å²) in [5.74, 6) is 1.15. The molecule has 1 aliphatic heterocycles. The number of carbonyl (C=O) groups is 1. The smallest absolute Gasteiger partial charge is 0.337 e. The highest BCUT2D eigenvalue weighted by Gasteiger charge is 2.22. The standard InChI is InChI=1S/C22H36N4O3/c1-17(2)15-20(26-11-13-29-14-12-26)16-25-22(23-3)24-10-9-18-5-7-19(8-6-18)21(27)28-4/h5-8,17,20H,9-16H2,1-4H3,(H2,23,24,25). The van der Waals surface area contributed by atoms with Gasteiger partial charge in [-0.05, 0) is 36.5 Å². The summed E-state index contributed by atoms with van der Waals surface area (Å²) in [5.41, 5.74) is 1.73. The van der Waals surface area contributed by atoms with Gasteiger partial charge in [-0.1, -0.05) is 26.0 Å². The van der Waals surface area contributed by atoms with Gasteiger partial charge in [-0.15, -0.1) is 0 Å². The van der Waals surface area contributed by atoms with E-state index in [9.17, 15) is 4.79 Å². The number of benzene rings is 1. The molecule has 0 saturated carbocycles. The van der Waals surface area contributed by atoms with Crippen LogP contribution in [0.1, 0.15) is 36.2 Å². The minimum absolute atomic E-state index is 0.310. The second-order valence-corrected chi connectivity index (χ2v) is 7.75. The van der Waals surface area contributed by atoms with Crippen LogP contribution >= 0.6 is 0 Å². The minimum atomic E-state index is -0.310. The van der Waals surface area contributed by atoms with Gasteiger partial charge >= 0.3 is 5.97 Å². The van der Waals surface area contributed by atoms with Gasteiger partial charge in [0.1, 0.15) is 0 Å². The van der Waals surface area contributed by atoms with E-state index in [1.165, 1.54) is 7.11 Å². The zero-order valence-corrected chi connectivity index (χ0v) is 18.2. The average molecular weight is 405 g/mol. The van der Waals surface area contributed by atoms with E-state index in [4.69, 9.17) is 9.47 Å². The highest BCUT2D eigenvalue weighted by molar-refractivity contribution is 5.89. The van der Waals surface area contributed by atoms with Crippen LogP contribution in [0.15, 0.2) is 29.3 Å². The molecule has 162 valence electrons. The third-order valence-electron chi connectivity index (χ3n) is 5.12. The molecule has 2 N–H and O–H groups in total. The summed E-state index contributed by atoms with van der Waals surface area (Å²) in [4.78, 5) is 18.4. The lowest BCUT2D eigenvalue weighted by molar-refractivity contribution is 0.0132. The molecular weight excluding hydrogens is 368 g/mol. The van der Waals surface area contributed by atoms with Crippen LogP contribution in [0.3, 0.4) is 0 Å². The van der Waals surface area contributed by atoms with Crippen LogP contribution in [-0.2, 0) is 15.9 Å². The first-order valence-electron chi connectivity index (χ1n) is 10.5. The third kappa shape index (κ3) is 8.03. The molecule has 0 spiro atoms. The summed E-state index contributed by atoms with van der Waals surface area (Å²) < 4.78 is 10.2. The Morgan fingerprint density at radius 1 is 1.21 bits per heavy atom. The molecule has 7 nitrogen and oxygen atoms in total. The Hall–Kier alpha value is -2.12. The lowest BCUT2D eigenvalue weighted by atomic mass is 10.0. The van der Waals surface area contributed by atoms with Gasteiger partial charge in [-0.3, -0.25) is 9.89 Å². The fourth-order valence-corrected chi connectivity index (χ4v) is 3.53. The minimum Gasteiger partial charge on any atom is -0.465 e. The monoisotopic (exact) mass is 404 g/mol. The number of carbonyl (C=O) groups excluding carboxylic acids is 1. The zero-order chi connectivity index (χ0) is 21.1. The molecule has 29 heavy (non-hydrogen) atoms. The number of nitrogens with zero attached hydrogens (tertiary/aromatic N) is 2. The molecular formula is C22H36N4O3. The molecule has 0 radical (unpaired) electrons. The Kier molecular flexibility index (Phi) is 9.94. The van der Waals surface area contributed by atoms with Crippen LogP contribution in [0.2, 0.25) is 0 Å². The number of nitrogens with one attached hydrogen (secondary N) is 2. The fraction of sp³-hybridized carbons (Fsp3) is 0.636. The first-order valence-corrected chi connectivity index (χ1v) is 10.5. The molecule has 0 aromatic heterocycles. The Bertz CT molecular complexity index is 640. The lowest BCUT2D eigenvalue weighted by Gasteiger charge is -2.35. The molecule has 7 heteroatoms. The van der Waals surface area contributed by atoms with Gasteiger partial charge in [-0.2, -0.15) is 0 Å². The number of ether oxygens (including phenoxy) is 2. The molecule has 1 aromatic rings. The number of rotatable bonds is 9. The second kappa shape index (κ2) is 12.4. The number of methoxy groups -OCH3 is 1. The molecule has 0 amide bonds. The normalized spacial score (nSPS) is 16.5. The molecule has 1 fully saturated rings. The number of hydrogen-bond donors (Lipinski definition) is 2. The topological polar surface area (TPSA) is 75.2 Å². The summed E-state index contributed by atoms with van der Waals surface area (Å²) in [6.45, 7) is 9.79. The van der Waals surface area contributed by atoms with E-state index in [1.807, 2.05) is 12.1 Å². The van der Waals surface area contributed by atoms with Crippen LogP contribution in [0.25, 0.3) is 0 Å². The van der Waals surface area contributed by atoms with Gasteiger partial charge < -0.3 is 20.1 Å². The molecule has 0 bridgehead atoms. The van der Waals surface area contributed by atoms with E-state index in [2.05, 4.69) is 34.4 Å². The molecule has 1 unspecified atom stereocenters. The number of hydrogen-bond acceptors (Lipinski definition) is 5. The fourth-order valence-electron chi connectivity index (χ4n) is 3.53. The van der Waals surface area contributed by atoms with Crippen molar-refractivity contribution in [3.8, 4) is 0 Å². The quantitative estimate of drug-likeness (QED) is 0.372. The second-order valence-electron chi connectivity index (χ2n) is 7.75. The van der Waals surface area contributed by atoms with Crippen molar-refractivity contribution in [1.82, 2.24) is 15.5 Å². The van der Waals surface area contributed by atoms with Crippen LogP contribution in [-0.4, -0.2) is 76.4 Å². The van der Waals surface area contributed by atoms with Crippen molar-refractivity contribution < 1.29 is 14.3 Å². The average Bonchev–Trinajstić information content (AvgIpc) is 2.75. The van der Waals surface area contributed by atoms with Crippen LogP contribution in [0.4, 0.5) is 0 Å². The number of aliphatic imine (C=N–C) groups is 1. The SMILES string of the molecule is CN=C(NCCc1ccc(C(=O)OC)cc1)NCC(CC(C)C)N1CCOCC1. The summed E-state index contributed by atoms with van der Waals surface area (Å²) in [6.07, 6.45) is 2.00. The predicted molar refractivity (Wildman–Crippen MR) is 116 cm³/mol. The summed E-state index contributed by atoms with van der Waals surface area (Å²) in [5, 5.41) is 6.87. The van der Waals surface area contributed by atoms with Crippen molar-refractivity contribution in [2.75, 3.05) is 53.6 Å². The van der Waals surface area contributed by atoms with E-state index in [0.717, 1.165) is 63.8 Å². The zero-order valence-electron chi connectivity index (χ0n) is 18.2. The van der Waals surface area contributed by atoms with E-state index in [0.29, 0.717) is 17.5 Å². The van der Waals surface area contributed by atoms with Gasteiger partial charge in [0.2, 0.25) is 0 Å². The highest BCUT2D eigenvalue weighted by atomic mass is 16.5. The Labute approximate surface area is 174 Å². The van der Waals surface area contributed by atoms with Crippen molar-refractivity contribution in [2.45, 2.75) is 32.7 Å². The summed E-state index contributed by atoms with van der Waals surface area (Å²) >= 11 is 0. The first kappa shape index (κ1) is 23.2. The van der Waals surface area contributed by atoms with Crippen molar-refractivity contribution >= 4 is 11.9 Å². The lowest BCUT2D eigenvalue weighted by Crippen LogP contribution is -2.51. The summed E-state index contributed by atoms with van der Waals surface area (Å²) in [6, 6.07) is 7.99. The van der Waals surface area contributed by atoms with Gasteiger partial charge in [-0.25, -0.2) is 4.79 Å². The molecule has 1 aliphatic rings. The van der Waals surface area contributed by atoms with Gasteiger partial charge in [0.05, 0.1) is 25.9 Å². The van der Waals surface area contributed by atoms with Crippen LogP contribution in [0.5, 0.6) is 0 Å². The number of morpholine rings is 1. The largest absolute Gasteiger partial charge is 0.465 e. The Morgan fingerprint density at radius 3 is 2.48 bits per heavy atom. The molecule has 1 atom stereocenters. The Balaban J connectivity index is 1.79. The van der Waals surface area contributed by atoms with Gasteiger partial charge in [0.25, 0.3) is 0 Å². The number of guanidine groups is 1. The van der Waals surface area contributed by atoms with E-state index in [1.54, 1.807) is 19.2 Å². The highest BCUT2D eigenvalue weighted by Crippen LogP contribution is 2.13. The Morgan fingerprint density at radius 2 is 1.90 bits per heavy atom. The maximum atomic E-state index is 11.5. The van der Waals surface area contributed by atoms with Gasteiger partial charge in [0.15, 0.2) is 5.96 Å². The van der Waals surface area contributed by atoms with E-state index in [-0.39, 0.29) is 5.97 Å².